The fourth-order valence-electron chi connectivity index (χ4n) is 3.94. The van der Waals surface area contributed by atoms with Gasteiger partial charge in [-0.3, -0.25) is 0 Å². The second-order valence-electron chi connectivity index (χ2n) is 8.07. The molecule has 1 fully saturated rings. The minimum Gasteiger partial charge on any atom is -0.465 e. The van der Waals surface area contributed by atoms with Crippen LogP contribution in [0.25, 0.3) is 11.1 Å². The molecule has 1 saturated heterocycles. The molecule has 0 aliphatic carbocycles. The van der Waals surface area contributed by atoms with Crippen molar-refractivity contribution in [1.29, 1.82) is 0 Å². The Morgan fingerprint density at radius 3 is 2.69 bits per heavy atom. The number of ether oxygens (including phenoxy) is 3. The molecule has 0 aromatic heterocycles. The Balaban J connectivity index is 1.79. The predicted molar refractivity (Wildman–Crippen MR) is 113 cm³/mol. The Labute approximate surface area is 173 Å². The van der Waals surface area contributed by atoms with Gasteiger partial charge in [-0.05, 0) is 72.7 Å². The molecule has 5 heteroatoms. The molecule has 2 N–H and O–H groups in total. The average molecular weight is 402 g/mol. The van der Waals surface area contributed by atoms with Crippen LogP contribution in [0, 0.1) is 11.7 Å². The maximum atomic E-state index is 13.8. The number of hydrogen-bond donors (Lipinski definition) is 1. The third kappa shape index (κ3) is 5.78. The van der Waals surface area contributed by atoms with E-state index in [1.165, 1.54) is 12.1 Å². The topological polar surface area (TPSA) is 53.7 Å². The first-order valence-corrected chi connectivity index (χ1v) is 10.4. The average Bonchev–Trinajstić information content (AvgIpc) is 2.69. The molecule has 1 aliphatic rings. The van der Waals surface area contributed by atoms with E-state index in [1.54, 1.807) is 13.2 Å². The first-order chi connectivity index (χ1) is 14.0. The maximum absolute atomic E-state index is 13.8. The molecule has 3 atom stereocenters. The first-order valence-electron chi connectivity index (χ1n) is 10.4. The largest absolute Gasteiger partial charge is 0.465 e. The number of halogens is 1. The molecule has 0 saturated carbocycles. The van der Waals surface area contributed by atoms with Crippen LogP contribution in [0.3, 0.4) is 0 Å². The molecule has 0 radical (unpaired) electrons. The zero-order valence-corrected chi connectivity index (χ0v) is 17.6. The predicted octanol–water partition coefficient (Wildman–Crippen LogP) is 4.94. The van der Waals surface area contributed by atoms with E-state index in [4.69, 9.17) is 19.9 Å². The molecular weight excluding hydrogens is 369 g/mol. The highest BCUT2D eigenvalue weighted by atomic mass is 19.1. The van der Waals surface area contributed by atoms with Crippen LogP contribution in [0.15, 0.2) is 42.5 Å². The summed E-state index contributed by atoms with van der Waals surface area (Å²) in [6.07, 6.45) is 3.14. The fourth-order valence-corrected chi connectivity index (χ4v) is 3.94. The number of benzene rings is 2. The standard InChI is InChI=1S/C24H32FNO3/c1-16(2)13-23-22(27-3)9-10-24(29-23)28-20-8-7-17(11-12-26)21(15-20)18-5-4-6-19(25)14-18/h4-8,14-16,22-24H,9-13,26H2,1-3H3. The van der Waals surface area contributed by atoms with Gasteiger partial charge in [-0.2, -0.15) is 0 Å². The van der Waals surface area contributed by atoms with Crippen LogP contribution in [0.5, 0.6) is 5.75 Å². The van der Waals surface area contributed by atoms with Crippen LogP contribution in [-0.2, 0) is 15.9 Å². The lowest BCUT2D eigenvalue weighted by molar-refractivity contribution is -0.196. The van der Waals surface area contributed by atoms with Gasteiger partial charge in [0, 0.05) is 13.5 Å². The third-order valence-electron chi connectivity index (χ3n) is 5.33. The fraction of sp³-hybridized carbons (Fsp3) is 0.500. The molecular formula is C24H32FNO3. The summed E-state index contributed by atoms with van der Waals surface area (Å²) in [7, 11) is 1.74. The van der Waals surface area contributed by atoms with Gasteiger partial charge in [0.25, 0.3) is 0 Å². The third-order valence-corrected chi connectivity index (χ3v) is 5.33. The Morgan fingerprint density at radius 1 is 1.17 bits per heavy atom. The van der Waals surface area contributed by atoms with Crippen molar-refractivity contribution >= 4 is 0 Å². The second kappa shape index (κ2) is 10.2. The van der Waals surface area contributed by atoms with Gasteiger partial charge in [0.05, 0.1) is 12.2 Å². The van der Waals surface area contributed by atoms with Crippen molar-refractivity contribution in [2.24, 2.45) is 11.7 Å². The highest BCUT2D eigenvalue weighted by Gasteiger charge is 2.32. The molecule has 0 spiro atoms. The monoisotopic (exact) mass is 401 g/mol. The van der Waals surface area contributed by atoms with Crippen molar-refractivity contribution in [3.8, 4) is 16.9 Å². The van der Waals surface area contributed by atoms with E-state index in [-0.39, 0.29) is 24.3 Å². The van der Waals surface area contributed by atoms with Crippen LogP contribution in [0.1, 0.15) is 38.7 Å². The molecule has 2 aromatic rings. The van der Waals surface area contributed by atoms with E-state index < -0.39 is 0 Å². The van der Waals surface area contributed by atoms with Gasteiger partial charge in [0.15, 0.2) is 6.29 Å². The maximum Gasteiger partial charge on any atom is 0.200 e. The van der Waals surface area contributed by atoms with Crippen LogP contribution >= 0.6 is 0 Å². The van der Waals surface area contributed by atoms with Gasteiger partial charge in [-0.15, -0.1) is 0 Å². The highest BCUT2D eigenvalue weighted by Crippen LogP contribution is 2.32. The first kappa shape index (κ1) is 21.8. The van der Waals surface area contributed by atoms with Gasteiger partial charge >= 0.3 is 0 Å². The molecule has 0 bridgehead atoms. The Bertz CT molecular complexity index is 795. The summed E-state index contributed by atoms with van der Waals surface area (Å²) in [6.45, 7) is 4.90. The molecule has 29 heavy (non-hydrogen) atoms. The van der Waals surface area contributed by atoms with E-state index in [9.17, 15) is 4.39 Å². The van der Waals surface area contributed by atoms with Crippen molar-refractivity contribution in [3.05, 3.63) is 53.8 Å². The second-order valence-corrected chi connectivity index (χ2v) is 8.07. The number of hydrogen-bond acceptors (Lipinski definition) is 4. The van der Waals surface area contributed by atoms with Gasteiger partial charge < -0.3 is 19.9 Å². The lowest BCUT2D eigenvalue weighted by Gasteiger charge is -2.36. The summed E-state index contributed by atoms with van der Waals surface area (Å²) < 4.78 is 31.8. The summed E-state index contributed by atoms with van der Waals surface area (Å²) in [5.41, 5.74) is 8.61. The number of methoxy groups -OCH3 is 1. The lowest BCUT2D eigenvalue weighted by atomic mass is 9.96. The Hall–Kier alpha value is -1.95. The summed E-state index contributed by atoms with van der Waals surface area (Å²) >= 11 is 0. The summed E-state index contributed by atoms with van der Waals surface area (Å²) in [5, 5.41) is 0. The van der Waals surface area contributed by atoms with E-state index in [1.807, 2.05) is 24.3 Å². The van der Waals surface area contributed by atoms with Crippen LogP contribution in [-0.4, -0.2) is 32.2 Å². The van der Waals surface area contributed by atoms with E-state index >= 15 is 0 Å². The molecule has 4 nitrogen and oxygen atoms in total. The van der Waals surface area contributed by atoms with E-state index in [0.29, 0.717) is 18.2 Å². The van der Waals surface area contributed by atoms with Crippen LogP contribution in [0.4, 0.5) is 4.39 Å². The normalized spacial score (nSPS) is 22.1. The lowest BCUT2D eigenvalue weighted by Crippen LogP contribution is -2.42. The van der Waals surface area contributed by atoms with Gasteiger partial charge in [-0.1, -0.05) is 32.0 Å². The zero-order valence-electron chi connectivity index (χ0n) is 17.6. The molecule has 2 aromatic carbocycles. The number of nitrogens with two attached hydrogens (primary N) is 1. The van der Waals surface area contributed by atoms with Crippen molar-refractivity contribution in [3.63, 3.8) is 0 Å². The molecule has 1 aliphatic heterocycles. The Kier molecular flexibility index (Phi) is 7.64. The molecule has 158 valence electrons. The van der Waals surface area contributed by atoms with Crippen molar-refractivity contribution in [2.45, 2.75) is 58.0 Å². The van der Waals surface area contributed by atoms with Gasteiger partial charge in [-0.25, -0.2) is 4.39 Å². The summed E-state index contributed by atoms with van der Waals surface area (Å²) in [6, 6.07) is 12.5. The quantitative estimate of drug-likeness (QED) is 0.681. The summed E-state index contributed by atoms with van der Waals surface area (Å²) in [5.74, 6) is 0.978. The van der Waals surface area contributed by atoms with Gasteiger partial charge in [0.1, 0.15) is 11.6 Å². The minimum atomic E-state index is -0.314. The van der Waals surface area contributed by atoms with Gasteiger partial charge in [0.2, 0.25) is 0 Å². The molecule has 3 unspecified atom stereocenters. The van der Waals surface area contributed by atoms with Crippen molar-refractivity contribution < 1.29 is 18.6 Å². The SMILES string of the molecule is COC1CCC(Oc2ccc(CCN)c(-c3cccc(F)c3)c2)OC1CC(C)C. The van der Waals surface area contributed by atoms with Crippen LogP contribution in [0.2, 0.25) is 0 Å². The minimum absolute atomic E-state index is 0.0259. The van der Waals surface area contributed by atoms with E-state index in [2.05, 4.69) is 13.8 Å². The Morgan fingerprint density at radius 2 is 2.00 bits per heavy atom. The highest BCUT2D eigenvalue weighted by molar-refractivity contribution is 5.69. The van der Waals surface area contributed by atoms with Crippen LogP contribution < -0.4 is 10.5 Å². The molecule has 0 amide bonds. The van der Waals surface area contributed by atoms with Crippen molar-refractivity contribution in [1.82, 2.24) is 0 Å². The zero-order chi connectivity index (χ0) is 20.8. The van der Waals surface area contributed by atoms with E-state index in [0.717, 1.165) is 42.4 Å². The molecule has 1 heterocycles. The smallest absolute Gasteiger partial charge is 0.200 e. The summed E-state index contributed by atoms with van der Waals surface area (Å²) in [4.78, 5) is 0. The molecule has 3 rings (SSSR count). The number of rotatable bonds is 8. The van der Waals surface area contributed by atoms with Crippen molar-refractivity contribution in [2.75, 3.05) is 13.7 Å².